The molecule has 1 unspecified atom stereocenters. The zero-order valence-electron chi connectivity index (χ0n) is 9.57. The molecular formula is C10H12BrN3O3S. The molecule has 3 N–H and O–H groups in total. The molecule has 6 nitrogen and oxygen atoms in total. The van der Waals surface area contributed by atoms with Crippen molar-refractivity contribution in [1.82, 2.24) is 15.6 Å². The van der Waals surface area contributed by atoms with Crippen molar-refractivity contribution in [3.63, 3.8) is 0 Å². The molecule has 0 aromatic carbocycles. The van der Waals surface area contributed by atoms with Crippen molar-refractivity contribution in [2.45, 2.75) is 13.0 Å². The highest BCUT2D eigenvalue weighted by molar-refractivity contribution is 9.11. The van der Waals surface area contributed by atoms with Crippen LogP contribution in [0, 0.1) is 0 Å². The second kappa shape index (κ2) is 6.50. The second-order valence-corrected chi connectivity index (χ2v) is 5.45. The molecule has 8 heteroatoms. The summed E-state index contributed by atoms with van der Waals surface area (Å²) in [5.74, 6) is -1.08. The number of hydrogen-bond donors (Lipinski definition) is 3. The van der Waals surface area contributed by atoms with E-state index >= 15 is 0 Å². The number of aromatic nitrogens is 1. The molecule has 1 atom stereocenters. The van der Waals surface area contributed by atoms with E-state index in [1.807, 2.05) is 0 Å². The number of carbonyl (C=O) groups excluding carboxylic acids is 1. The van der Waals surface area contributed by atoms with Gasteiger partial charge in [0, 0.05) is 9.86 Å². The van der Waals surface area contributed by atoms with Gasteiger partial charge < -0.3 is 15.7 Å². The molecule has 2 amide bonds. The van der Waals surface area contributed by atoms with Crippen LogP contribution in [-0.2, 0) is 0 Å². The molecule has 18 heavy (non-hydrogen) atoms. The molecule has 98 valence electrons. The lowest BCUT2D eigenvalue weighted by Gasteiger charge is -2.11. The van der Waals surface area contributed by atoms with Crippen LogP contribution in [-0.4, -0.2) is 28.6 Å². The van der Waals surface area contributed by atoms with Gasteiger partial charge in [0.05, 0.1) is 12.6 Å². The Labute approximate surface area is 116 Å². The molecule has 0 saturated heterocycles. The molecule has 0 radical (unpaired) electrons. The third-order valence-electron chi connectivity index (χ3n) is 1.90. The molecule has 0 fully saturated rings. The predicted octanol–water partition coefficient (Wildman–Crippen LogP) is 2.11. The summed E-state index contributed by atoms with van der Waals surface area (Å²) in [5.41, 5.74) is -0.0158. The Bertz CT molecular complexity index is 475. The van der Waals surface area contributed by atoms with Crippen molar-refractivity contribution in [1.29, 1.82) is 0 Å². The van der Waals surface area contributed by atoms with Gasteiger partial charge in [0.25, 0.3) is 0 Å². The maximum Gasteiger partial charge on any atom is 0.355 e. The molecular weight excluding hydrogens is 322 g/mol. The number of carboxylic acid groups (broad SMARTS) is 1. The Kier molecular flexibility index (Phi) is 5.29. The molecule has 0 aliphatic heterocycles. The Morgan fingerprint density at radius 2 is 2.33 bits per heavy atom. The molecule has 0 aliphatic rings. The van der Waals surface area contributed by atoms with E-state index in [1.54, 1.807) is 6.92 Å². The van der Waals surface area contributed by atoms with Crippen LogP contribution in [0.15, 0.2) is 16.4 Å². The fraction of sp³-hybridized carbons (Fsp3) is 0.300. The number of aromatic carboxylic acids is 1. The first kappa shape index (κ1) is 14.7. The van der Waals surface area contributed by atoms with Gasteiger partial charge >= 0.3 is 12.0 Å². The van der Waals surface area contributed by atoms with E-state index < -0.39 is 5.97 Å². The number of carboxylic acids is 1. The zero-order chi connectivity index (χ0) is 13.7. The molecule has 0 saturated carbocycles. The minimum atomic E-state index is -1.08. The topological polar surface area (TPSA) is 91.3 Å². The minimum Gasteiger partial charge on any atom is -0.476 e. The van der Waals surface area contributed by atoms with Gasteiger partial charge in [0.2, 0.25) is 0 Å². The Hall–Kier alpha value is -1.41. The summed E-state index contributed by atoms with van der Waals surface area (Å²) >= 11 is 4.31. The second-order valence-electron chi connectivity index (χ2n) is 3.44. The van der Waals surface area contributed by atoms with Gasteiger partial charge in [0.1, 0.15) is 5.01 Å². The Morgan fingerprint density at radius 1 is 1.67 bits per heavy atom. The molecule has 0 aliphatic carbocycles. The van der Waals surface area contributed by atoms with Crippen LogP contribution in [0.1, 0.15) is 28.5 Å². The first-order valence-corrected chi connectivity index (χ1v) is 6.63. The Balaban J connectivity index is 2.53. The van der Waals surface area contributed by atoms with Crippen LogP contribution in [0.2, 0.25) is 0 Å². The summed E-state index contributed by atoms with van der Waals surface area (Å²) in [6, 6.07) is -0.720. The minimum absolute atomic E-state index is 0.0158. The number of carbonyl (C=O) groups is 2. The van der Waals surface area contributed by atoms with Crippen LogP contribution in [0.25, 0.3) is 0 Å². The van der Waals surface area contributed by atoms with Gasteiger partial charge in [-0.25, -0.2) is 14.6 Å². The van der Waals surface area contributed by atoms with Gasteiger partial charge in [-0.1, -0.05) is 22.5 Å². The van der Waals surface area contributed by atoms with Crippen molar-refractivity contribution >= 4 is 39.3 Å². The average molecular weight is 334 g/mol. The molecule has 1 aromatic rings. The first-order valence-electron chi connectivity index (χ1n) is 4.96. The van der Waals surface area contributed by atoms with Gasteiger partial charge in [-0.05, 0) is 6.92 Å². The normalized spacial score (nSPS) is 11.7. The zero-order valence-corrected chi connectivity index (χ0v) is 12.0. The monoisotopic (exact) mass is 333 g/mol. The number of urea groups is 1. The van der Waals surface area contributed by atoms with Crippen molar-refractivity contribution in [3.05, 3.63) is 27.1 Å². The third-order valence-corrected chi connectivity index (χ3v) is 3.21. The fourth-order valence-corrected chi connectivity index (χ4v) is 2.01. The van der Waals surface area contributed by atoms with E-state index in [-0.39, 0.29) is 17.8 Å². The van der Waals surface area contributed by atoms with Gasteiger partial charge in [-0.3, -0.25) is 0 Å². The number of nitrogens with one attached hydrogen (secondary N) is 2. The summed E-state index contributed by atoms with van der Waals surface area (Å²) in [7, 11) is 0. The van der Waals surface area contributed by atoms with Crippen LogP contribution in [0.5, 0.6) is 0 Å². The van der Waals surface area contributed by atoms with Crippen LogP contribution >= 0.6 is 27.3 Å². The molecule has 1 rings (SSSR count). The van der Waals surface area contributed by atoms with E-state index in [4.69, 9.17) is 5.11 Å². The first-order chi connectivity index (χ1) is 8.40. The highest BCUT2D eigenvalue weighted by atomic mass is 79.9. The largest absolute Gasteiger partial charge is 0.476 e. The van der Waals surface area contributed by atoms with E-state index in [9.17, 15) is 9.59 Å². The lowest BCUT2D eigenvalue weighted by Crippen LogP contribution is -2.37. The number of thiazole rings is 1. The van der Waals surface area contributed by atoms with Crippen molar-refractivity contribution in [2.24, 2.45) is 0 Å². The van der Waals surface area contributed by atoms with Crippen LogP contribution < -0.4 is 10.6 Å². The molecule has 1 aromatic heterocycles. The van der Waals surface area contributed by atoms with E-state index in [0.717, 1.165) is 0 Å². The quantitative estimate of drug-likeness (QED) is 0.769. The summed E-state index contributed by atoms with van der Waals surface area (Å²) in [6.45, 7) is 5.63. The summed E-state index contributed by atoms with van der Waals surface area (Å²) in [4.78, 5) is 26.0. The number of hydrogen-bond acceptors (Lipinski definition) is 4. The number of halogens is 1. The average Bonchev–Trinajstić information content (AvgIpc) is 2.75. The maximum atomic E-state index is 11.4. The number of amides is 2. The maximum absolute atomic E-state index is 11.4. The van der Waals surface area contributed by atoms with Crippen LogP contribution in [0.3, 0.4) is 0 Å². The molecule has 1 heterocycles. The number of rotatable bonds is 5. The van der Waals surface area contributed by atoms with E-state index in [1.165, 1.54) is 16.7 Å². The fourth-order valence-electron chi connectivity index (χ4n) is 1.07. The van der Waals surface area contributed by atoms with Crippen molar-refractivity contribution in [3.8, 4) is 0 Å². The van der Waals surface area contributed by atoms with Crippen molar-refractivity contribution in [2.75, 3.05) is 6.54 Å². The van der Waals surface area contributed by atoms with E-state index in [2.05, 4.69) is 38.1 Å². The predicted molar refractivity (Wildman–Crippen MR) is 72.1 cm³/mol. The number of nitrogens with zero attached hydrogens (tertiary/aromatic N) is 1. The highest BCUT2D eigenvalue weighted by Crippen LogP contribution is 2.17. The van der Waals surface area contributed by atoms with Gasteiger partial charge in [-0.15, -0.1) is 11.3 Å². The van der Waals surface area contributed by atoms with Gasteiger partial charge in [0.15, 0.2) is 5.69 Å². The summed E-state index contributed by atoms with van der Waals surface area (Å²) in [6.07, 6.45) is 0. The standard InChI is InChI=1S/C10H12BrN3O3S/c1-5(11)3-12-10(17)13-6(2)8-14-7(4-18-8)9(15)16/h4,6H,1,3H2,2H3,(H,15,16)(H2,12,13,17). The van der Waals surface area contributed by atoms with Crippen molar-refractivity contribution < 1.29 is 14.7 Å². The summed E-state index contributed by atoms with van der Waals surface area (Å²) < 4.78 is 0.660. The van der Waals surface area contributed by atoms with Gasteiger partial charge in [-0.2, -0.15) is 0 Å². The smallest absolute Gasteiger partial charge is 0.355 e. The highest BCUT2D eigenvalue weighted by Gasteiger charge is 2.15. The SMILES string of the molecule is C=C(Br)CNC(=O)NC(C)c1nc(C(=O)O)cs1. The Morgan fingerprint density at radius 3 is 2.83 bits per heavy atom. The summed E-state index contributed by atoms with van der Waals surface area (Å²) in [5, 5.41) is 15.9. The van der Waals surface area contributed by atoms with Crippen LogP contribution in [0.4, 0.5) is 4.79 Å². The third kappa shape index (κ3) is 4.46. The lowest BCUT2D eigenvalue weighted by atomic mass is 10.3. The molecule has 0 bridgehead atoms. The van der Waals surface area contributed by atoms with E-state index in [0.29, 0.717) is 16.0 Å². The molecule has 0 spiro atoms. The lowest BCUT2D eigenvalue weighted by molar-refractivity contribution is 0.0691.